The monoisotopic (exact) mass is 334 g/mol. The van der Waals surface area contributed by atoms with E-state index < -0.39 is 10.5 Å². The standard InChI is InChI=1S/C16H22N4O4/c1-15(2,3)24-14(21)19-10-16(11-19)6-7-18(9-16)12-4-5-13(17-8-12)20(22)23/h4-5,8H,6-7,9-11H2,1-3H3. The number of likely N-dealkylation sites (tertiary alicyclic amines) is 1. The van der Waals surface area contributed by atoms with Gasteiger partial charge >= 0.3 is 11.9 Å². The van der Waals surface area contributed by atoms with Crippen molar-refractivity contribution in [3.8, 4) is 0 Å². The third kappa shape index (κ3) is 3.27. The molecule has 2 aliphatic rings. The van der Waals surface area contributed by atoms with Crippen LogP contribution >= 0.6 is 0 Å². The van der Waals surface area contributed by atoms with Crippen molar-refractivity contribution in [1.29, 1.82) is 0 Å². The van der Waals surface area contributed by atoms with Crippen LogP contribution in [0.5, 0.6) is 0 Å². The Balaban J connectivity index is 1.57. The Morgan fingerprint density at radius 3 is 2.58 bits per heavy atom. The molecule has 1 spiro atoms. The van der Waals surface area contributed by atoms with Crippen molar-refractivity contribution >= 4 is 17.6 Å². The number of pyridine rings is 1. The molecule has 1 amide bonds. The molecule has 2 fully saturated rings. The molecule has 1 aromatic heterocycles. The zero-order chi connectivity index (χ0) is 17.5. The van der Waals surface area contributed by atoms with Crippen molar-refractivity contribution in [2.45, 2.75) is 32.8 Å². The number of nitrogens with zero attached hydrogens (tertiary/aromatic N) is 4. The maximum atomic E-state index is 12.1. The Bertz CT molecular complexity index is 647. The minimum atomic E-state index is -0.500. The zero-order valence-corrected chi connectivity index (χ0v) is 14.2. The molecule has 0 radical (unpaired) electrons. The SMILES string of the molecule is CC(C)(C)OC(=O)N1CC2(CCN(c3ccc([N+](=O)[O-])nc3)C2)C1. The van der Waals surface area contributed by atoms with Crippen LogP contribution in [0, 0.1) is 15.5 Å². The van der Waals surface area contributed by atoms with E-state index in [2.05, 4.69) is 9.88 Å². The van der Waals surface area contributed by atoms with Crippen molar-refractivity contribution < 1.29 is 14.5 Å². The molecule has 8 heteroatoms. The van der Waals surface area contributed by atoms with E-state index in [1.54, 1.807) is 17.2 Å². The molecule has 0 atom stereocenters. The third-order valence-corrected chi connectivity index (χ3v) is 4.43. The summed E-state index contributed by atoms with van der Waals surface area (Å²) in [7, 11) is 0. The van der Waals surface area contributed by atoms with Gasteiger partial charge in [0.25, 0.3) is 0 Å². The van der Waals surface area contributed by atoms with Crippen LogP contribution < -0.4 is 4.90 Å². The van der Waals surface area contributed by atoms with E-state index >= 15 is 0 Å². The molecule has 0 saturated carbocycles. The smallest absolute Gasteiger partial charge is 0.410 e. The number of hydrogen-bond acceptors (Lipinski definition) is 6. The number of aromatic nitrogens is 1. The van der Waals surface area contributed by atoms with E-state index in [4.69, 9.17) is 4.74 Å². The van der Waals surface area contributed by atoms with Gasteiger partial charge in [0.2, 0.25) is 0 Å². The highest BCUT2D eigenvalue weighted by Crippen LogP contribution is 2.41. The minimum Gasteiger partial charge on any atom is -0.444 e. The Labute approximate surface area is 140 Å². The molecule has 130 valence electrons. The van der Waals surface area contributed by atoms with E-state index in [9.17, 15) is 14.9 Å². The molecule has 0 bridgehead atoms. The first-order valence-corrected chi connectivity index (χ1v) is 8.01. The highest BCUT2D eigenvalue weighted by atomic mass is 16.6. The first-order chi connectivity index (χ1) is 11.2. The highest BCUT2D eigenvalue weighted by molar-refractivity contribution is 5.69. The second-order valence-corrected chi connectivity index (χ2v) is 7.64. The second kappa shape index (κ2) is 5.61. The Hall–Kier alpha value is -2.38. The van der Waals surface area contributed by atoms with Crippen molar-refractivity contribution in [3.63, 3.8) is 0 Å². The van der Waals surface area contributed by atoms with Crippen LogP contribution in [0.3, 0.4) is 0 Å². The summed E-state index contributed by atoms with van der Waals surface area (Å²) in [5, 5.41) is 10.7. The summed E-state index contributed by atoms with van der Waals surface area (Å²) in [5.41, 5.74) is 0.498. The fourth-order valence-electron chi connectivity index (χ4n) is 3.31. The van der Waals surface area contributed by atoms with Gasteiger partial charge in [-0.25, -0.2) is 4.79 Å². The predicted octanol–water partition coefficient (Wildman–Crippen LogP) is 2.44. The van der Waals surface area contributed by atoms with Gasteiger partial charge in [-0.2, -0.15) is 0 Å². The van der Waals surface area contributed by atoms with Crippen molar-refractivity contribution in [2.75, 3.05) is 31.1 Å². The van der Waals surface area contributed by atoms with E-state index in [0.717, 1.165) is 25.2 Å². The minimum absolute atomic E-state index is 0.0959. The van der Waals surface area contributed by atoms with Gasteiger partial charge in [-0.05, 0) is 43.2 Å². The average molecular weight is 334 g/mol. The molecule has 0 aliphatic carbocycles. The van der Waals surface area contributed by atoms with Crippen LogP contribution in [-0.2, 0) is 4.74 Å². The lowest BCUT2D eigenvalue weighted by Crippen LogP contribution is -2.60. The summed E-state index contributed by atoms with van der Waals surface area (Å²) in [4.78, 5) is 30.0. The first kappa shape index (κ1) is 16.5. The number of ether oxygens (including phenoxy) is 1. The van der Waals surface area contributed by atoms with E-state index in [1.807, 2.05) is 20.8 Å². The maximum absolute atomic E-state index is 12.1. The van der Waals surface area contributed by atoms with Gasteiger partial charge in [0, 0.05) is 37.7 Å². The Morgan fingerprint density at radius 1 is 1.33 bits per heavy atom. The van der Waals surface area contributed by atoms with E-state index in [0.29, 0.717) is 13.1 Å². The number of anilines is 1. The zero-order valence-electron chi connectivity index (χ0n) is 14.2. The molecule has 8 nitrogen and oxygen atoms in total. The van der Waals surface area contributed by atoms with Crippen molar-refractivity contribution in [3.05, 3.63) is 28.4 Å². The largest absolute Gasteiger partial charge is 0.444 e. The van der Waals surface area contributed by atoms with Gasteiger partial charge in [-0.3, -0.25) is 0 Å². The fraction of sp³-hybridized carbons (Fsp3) is 0.625. The summed E-state index contributed by atoms with van der Waals surface area (Å²) in [5.74, 6) is -0.146. The number of nitro groups is 1. The first-order valence-electron chi connectivity index (χ1n) is 8.01. The highest BCUT2D eigenvalue weighted by Gasteiger charge is 2.50. The van der Waals surface area contributed by atoms with Crippen LogP contribution in [0.2, 0.25) is 0 Å². The number of rotatable bonds is 2. The lowest BCUT2D eigenvalue weighted by Gasteiger charge is -2.47. The Morgan fingerprint density at radius 2 is 2.04 bits per heavy atom. The molecule has 2 saturated heterocycles. The van der Waals surface area contributed by atoms with Gasteiger partial charge in [0.15, 0.2) is 6.20 Å². The normalized spacial score (nSPS) is 19.3. The van der Waals surface area contributed by atoms with Gasteiger partial charge < -0.3 is 24.7 Å². The topological polar surface area (TPSA) is 88.8 Å². The summed E-state index contributed by atoms with van der Waals surface area (Å²) < 4.78 is 5.39. The number of carbonyl (C=O) groups is 1. The van der Waals surface area contributed by atoms with Gasteiger partial charge in [-0.1, -0.05) is 0 Å². The summed E-state index contributed by atoms with van der Waals surface area (Å²) >= 11 is 0. The summed E-state index contributed by atoms with van der Waals surface area (Å²) in [6, 6.07) is 3.16. The van der Waals surface area contributed by atoms with Crippen LogP contribution in [0.25, 0.3) is 0 Å². The van der Waals surface area contributed by atoms with Gasteiger partial charge in [-0.15, -0.1) is 0 Å². The summed E-state index contributed by atoms with van der Waals surface area (Å²) in [6.45, 7) is 8.66. The number of carbonyl (C=O) groups excluding carboxylic acids is 1. The Kier molecular flexibility index (Phi) is 3.85. The molecule has 1 aromatic rings. The van der Waals surface area contributed by atoms with Crippen LogP contribution in [-0.4, -0.2) is 52.7 Å². The lowest BCUT2D eigenvalue weighted by molar-refractivity contribution is -0.389. The maximum Gasteiger partial charge on any atom is 0.410 e. The molecule has 0 aromatic carbocycles. The quantitative estimate of drug-likeness (QED) is 0.609. The van der Waals surface area contributed by atoms with Gasteiger partial charge in [0.05, 0.1) is 5.69 Å². The molecular formula is C16H22N4O4. The predicted molar refractivity (Wildman–Crippen MR) is 88.0 cm³/mol. The molecule has 24 heavy (non-hydrogen) atoms. The van der Waals surface area contributed by atoms with Gasteiger partial charge in [0.1, 0.15) is 5.60 Å². The third-order valence-electron chi connectivity index (χ3n) is 4.43. The number of amides is 1. The lowest BCUT2D eigenvalue weighted by atomic mass is 9.79. The second-order valence-electron chi connectivity index (χ2n) is 7.64. The van der Waals surface area contributed by atoms with Crippen molar-refractivity contribution in [2.24, 2.45) is 5.41 Å². The summed E-state index contributed by atoms with van der Waals surface area (Å²) in [6.07, 6.45) is 2.27. The number of hydrogen-bond donors (Lipinski definition) is 0. The average Bonchev–Trinajstić information content (AvgIpc) is 2.89. The molecule has 0 unspecified atom stereocenters. The molecule has 2 aliphatic heterocycles. The van der Waals surface area contributed by atoms with Crippen molar-refractivity contribution in [1.82, 2.24) is 9.88 Å². The van der Waals surface area contributed by atoms with Crippen LogP contribution in [0.4, 0.5) is 16.3 Å². The fourth-order valence-corrected chi connectivity index (χ4v) is 3.31. The molecular weight excluding hydrogens is 312 g/mol. The van der Waals surface area contributed by atoms with Crippen LogP contribution in [0.1, 0.15) is 27.2 Å². The molecule has 3 heterocycles. The van der Waals surface area contributed by atoms with E-state index in [1.165, 1.54) is 6.07 Å². The van der Waals surface area contributed by atoms with Crippen LogP contribution in [0.15, 0.2) is 18.3 Å². The molecule has 3 rings (SSSR count). The molecule has 0 N–H and O–H groups in total. The van der Waals surface area contributed by atoms with E-state index in [-0.39, 0.29) is 17.3 Å².